The zero-order chi connectivity index (χ0) is 22.9. The summed E-state index contributed by atoms with van der Waals surface area (Å²) in [5.74, 6) is -1.07. The molecular formula is C26H24FN3O3. The molecule has 2 aromatic heterocycles. The van der Waals surface area contributed by atoms with Crippen molar-refractivity contribution in [1.29, 1.82) is 0 Å². The molecule has 1 amide bonds. The van der Waals surface area contributed by atoms with Crippen LogP contribution in [0.4, 0.5) is 4.39 Å². The van der Waals surface area contributed by atoms with Gasteiger partial charge in [-0.15, -0.1) is 0 Å². The van der Waals surface area contributed by atoms with Crippen molar-refractivity contribution in [3.05, 3.63) is 88.2 Å². The lowest BCUT2D eigenvalue weighted by Gasteiger charge is -2.36. The second kappa shape index (κ2) is 8.75. The number of fused-ring (bicyclic) bond motifs is 2. The molecule has 1 aliphatic rings. The van der Waals surface area contributed by atoms with E-state index in [9.17, 15) is 14.0 Å². The highest BCUT2D eigenvalue weighted by molar-refractivity contribution is 5.93. The molecule has 33 heavy (non-hydrogen) atoms. The first-order chi connectivity index (χ1) is 16.0. The zero-order valence-electron chi connectivity index (χ0n) is 18.3. The van der Waals surface area contributed by atoms with Gasteiger partial charge in [0.25, 0.3) is 5.91 Å². The number of amides is 1. The van der Waals surface area contributed by atoms with Crippen molar-refractivity contribution in [1.82, 2.24) is 15.2 Å². The fourth-order valence-electron chi connectivity index (χ4n) is 4.49. The molecule has 6 nitrogen and oxygen atoms in total. The summed E-state index contributed by atoms with van der Waals surface area (Å²) < 4.78 is 19.0. The second-order valence-electron chi connectivity index (χ2n) is 8.53. The summed E-state index contributed by atoms with van der Waals surface area (Å²) in [6.07, 6.45) is 3.38. The van der Waals surface area contributed by atoms with Crippen molar-refractivity contribution in [3.63, 3.8) is 0 Å². The van der Waals surface area contributed by atoms with Crippen molar-refractivity contribution in [2.75, 3.05) is 13.1 Å². The van der Waals surface area contributed by atoms with Crippen LogP contribution in [0.15, 0.2) is 70.0 Å². The van der Waals surface area contributed by atoms with E-state index in [1.165, 1.54) is 23.8 Å². The molecule has 1 N–H and O–H groups in total. The van der Waals surface area contributed by atoms with Crippen LogP contribution in [0.25, 0.3) is 21.9 Å². The van der Waals surface area contributed by atoms with Crippen molar-refractivity contribution in [2.45, 2.75) is 31.8 Å². The van der Waals surface area contributed by atoms with Gasteiger partial charge >= 0.3 is 0 Å². The number of hydrogen-bond acceptors (Lipinski definition) is 5. The normalized spacial score (nSPS) is 16.2. The molecule has 1 unspecified atom stereocenters. The summed E-state index contributed by atoms with van der Waals surface area (Å²) in [6.45, 7) is 3.87. The summed E-state index contributed by atoms with van der Waals surface area (Å²) in [5.41, 5.74) is 1.93. The molecule has 3 heterocycles. The molecule has 0 radical (unpaired) electrons. The molecule has 1 atom stereocenters. The maximum atomic E-state index is 13.5. The Morgan fingerprint density at radius 3 is 2.79 bits per heavy atom. The SMILES string of the molecule is CC(c1ccc2ncccc2c1)N1CCC(NC(=O)c2cc(=O)c3ccc(F)cc3o2)CC1. The van der Waals surface area contributed by atoms with Gasteiger partial charge in [-0.3, -0.25) is 19.5 Å². The smallest absolute Gasteiger partial charge is 0.287 e. The van der Waals surface area contributed by atoms with Crippen molar-refractivity contribution < 1.29 is 13.6 Å². The van der Waals surface area contributed by atoms with Crippen molar-refractivity contribution in [2.24, 2.45) is 0 Å². The zero-order valence-corrected chi connectivity index (χ0v) is 18.3. The highest BCUT2D eigenvalue weighted by Gasteiger charge is 2.26. The molecule has 168 valence electrons. The Balaban J connectivity index is 1.23. The van der Waals surface area contributed by atoms with Crippen LogP contribution in [0.5, 0.6) is 0 Å². The molecule has 0 spiro atoms. The van der Waals surface area contributed by atoms with Gasteiger partial charge < -0.3 is 9.73 Å². The van der Waals surface area contributed by atoms with Gasteiger partial charge in [-0.2, -0.15) is 0 Å². The first kappa shape index (κ1) is 21.3. The van der Waals surface area contributed by atoms with Gasteiger partial charge in [-0.05, 0) is 55.7 Å². The number of aromatic nitrogens is 1. The topological polar surface area (TPSA) is 75.4 Å². The van der Waals surface area contributed by atoms with Gasteiger partial charge in [-0.25, -0.2) is 4.39 Å². The third-order valence-corrected chi connectivity index (χ3v) is 6.44. The number of halogens is 1. The van der Waals surface area contributed by atoms with Crippen LogP contribution in [0.3, 0.4) is 0 Å². The lowest BCUT2D eigenvalue weighted by molar-refractivity contribution is 0.0869. The predicted molar refractivity (Wildman–Crippen MR) is 125 cm³/mol. The number of nitrogens with zero attached hydrogens (tertiary/aromatic N) is 2. The summed E-state index contributed by atoms with van der Waals surface area (Å²) >= 11 is 0. The van der Waals surface area contributed by atoms with Gasteiger partial charge in [-0.1, -0.05) is 12.1 Å². The fourth-order valence-corrected chi connectivity index (χ4v) is 4.49. The summed E-state index contributed by atoms with van der Waals surface area (Å²) in [5, 5.41) is 4.34. The number of likely N-dealkylation sites (tertiary alicyclic amines) is 1. The Labute approximate surface area is 190 Å². The lowest BCUT2D eigenvalue weighted by atomic mass is 9.99. The number of carbonyl (C=O) groups excluding carboxylic acids is 1. The standard InChI is InChI=1S/C26H24FN3O3/c1-16(17-4-7-22-18(13-17)3-2-10-28-22)30-11-8-20(9-12-30)29-26(32)25-15-23(31)21-6-5-19(27)14-24(21)33-25/h2-7,10,13-16,20H,8-9,11-12H2,1H3,(H,29,32). The Morgan fingerprint density at radius 2 is 1.97 bits per heavy atom. The molecule has 7 heteroatoms. The highest BCUT2D eigenvalue weighted by Crippen LogP contribution is 2.26. The maximum absolute atomic E-state index is 13.5. The molecule has 4 aromatic rings. The fraction of sp³-hybridized carbons (Fsp3) is 0.269. The number of hydrogen-bond donors (Lipinski definition) is 1. The minimum atomic E-state index is -0.521. The van der Waals surface area contributed by atoms with E-state index in [0.717, 1.165) is 42.9 Å². The molecule has 5 rings (SSSR count). The van der Waals surface area contributed by atoms with Crippen LogP contribution in [-0.4, -0.2) is 34.9 Å². The minimum Gasteiger partial charge on any atom is -0.451 e. The number of pyridine rings is 1. The Morgan fingerprint density at radius 1 is 1.15 bits per heavy atom. The molecule has 0 bridgehead atoms. The Kier molecular flexibility index (Phi) is 5.64. The average Bonchev–Trinajstić information content (AvgIpc) is 2.83. The van der Waals surface area contributed by atoms with Gasteiger partial charge in [0.05, 0.1) is 10.9 Å². The molecule has 1 fully saturated rings. The van der Waals surface area contributed by atoms with Crippen LogP contribution in [0.2, 0.25) is 0 Å². The Hall–Kier alpha value is -3.58. The van der Waals surface area contributed by atoms with E-state index in [2.05, 4.69) is 46.4 Å². The Bertz CT molecular complexity index is 1390. The van der Waals surface area contributed by atoms with E-state index in [1.807, 2.05) is 6.07 Å². The largest absolute Gasteiger partial charge is 0.451 e. The van der Waals surface area contributed by atoms with Crippen LogP contribution in [0, 0.1) is 5.82 Å². The minimum absolute atomic E-state index is 0.0183. The van der Waals surface area contributed by atoms with Crippen LogP contribution < -0.4 is 10.7 Å². The molecule has 0 saturated carbocycles. The number of piperidine rings is 1. The maximum Gasteiger partial charge on any atom is 0.287 e. The molecule has 1 saturated heterocycles. The number of nitrogens with one attached hydrogen (secondary N) is 1. The van der Waals surface area contributed by atoms with E-state index < -0.39 is 11.7 Å². The highest BCUT2D eigenvalue weighted by atomic mass is 19.1. The molecule has 1 aliphatic heterocycles. The van der Waals surface area contributed by atoms with E-state index in [1.54, 1.807) is 6.20 Å². The monoisotopic (exact) mass is 445 g/mol. The second-order valence-corrected chi connectivity index (χ2v) is 8.53. The predicted octanol–water partition coefficient (Wildman–Crippen LogP) is 4.44. The molecule has 0 aliphatic carbocycles. The van der Waals surface area contributed by atoms with Crippen LogP contribution in [0.1, 0.15) is 41.9 Å². The summed E-state index contributed by atoms with van der Waals surface area (Å²) in [4.78, 5) is 31.8. The van der Waals surface area contributed by atoms with Crippen molar-refractivity contribution >= 4 is 27.8 Å². The van der Waals surface area contributed by atoms with Crippen molar-refractivity contribution in [3.8, 4) is 0 Å². The quantitative estimate of drug-likeness (QED) is 0.503. The van der Waals surface area contributed by atoms with E-state index in [0.29, 0.717) is 0 Å². The third-order valence-electron chi connectivity index (χ3n) is 6.44. The van der Waals surface area contributed by atoms with Gasteiger partial charge in [0, 0.05) is 48.9 Å². The molecule has 2 aromatic carbocycles. The molecular weight excluding hydrogens is 421 g/mol. The summed E-state index contributed by atoms with van der Waals surface area (Å²) in [7, 11) is 0. The van der Waals surface area contributed by atoms with Crippen LogP contribution >= 0.6 is 0 Å². The average molecular weight is 445 g/mol. The lowest BCUT2D eigenvalue weighted by Crippen LogP contribution is -2.45. The van der Waals surface area contributed by atoms with Gasteiger partial charge in [0.15, 0.2) is 11.2 Å². The number of benzene rings is 2. The number of rotatable bonds is 4. The van der Waals surface area contributed by atoms with E-state index in [-0.39, 0.29) is 34.2 Å². The van der Waals surface area contributed by atoms with Crippen LogP contribution in [-0.2, 0) is 0 Å². The van der Waals surface area contributed by atoms with Gasteiger partial charge in [0.1, 0.15) is 11.4 Å². The van der Waals surface area contributed by atoms with E-state index in [4.69, 9.17) is 4.42 Å². The third kappa shape index (κ3) is 4.36. The van der Waals surface area contributed by atoms with Gasteiger partial charge in [0.2, 0.25) is 0 Å². The summed E-state index contributed by atoms with van der Waals surface area (Å²) in [6, 6.07) is 15.5. The first-order valence-corrected chi connectivity index (χ1v) is 11.1. The van der Waals surface area contributed by atoms with E-state index >= 15 is 0 Å². The number of carbonyl (C=O) groups is 1. The first-order valence-electron chi connectivity index (χ1n) is 11.1.